The van der Waals surface area contributed by atoms with Crippen molar-refractivity contribution in [3.8, 4) is 11.5 Å². The summed E-state index contributed by atoms with van der Waals surface area (Å²) in [4.78, 5) is 4.55. The Labute approximate surface area is 142 Å². The Morgan fingerprint density at radius 3 is 2.67 bits per heavy atom. The molecule has 6 heteroatoms. The standard InChI is InChI=1S/C18H15F2NO2S/c1-11-3-7-16-13(9-11)21-17(24-16)8-5-12-4-6-14(22-2)15(10-12)23-18(19)20/h3-10,18H,1-2H3/b8-5+. The summed E-state index contributed by atoms with van der Waals surface area (Å²) in [6, 6.07) is 11.0. The van der Waals surface area contributed by atoms with Crippen LogP contribution in [0.4, 0.5) is 8.78 Å². The van der Waals surface area contributed by atoms with Crippen LogP contribution in [-0.4, -0.2) is 18.7 Å². The van der Waals surface area contributed by atoms with Crippen molar-refractivity contribution in [1.82, 2.24) is 4.98 Å². The van der Waals surface area contributed by atoms with E-state index in [4.69, 9.17) is 4.74 Å². The van der Waals surface area contributed by atoms with Crippen molar-refractivity contribution >= 4 is 33.7 Å². The van der Waals surface area contributed by atoms with Crippen molar-refractivity contribution in [2.45, 2.75) is 13.5 Å². The molecule has 3 rings (SSSR count). The summed E-state index contributed by atoms with van der Waals surface area (Å²) in [7, 11) is 1.41. The van der Waals surface area contributed by atoms with Crippen LogP contribution >= 0.6 is 11.3 Å². The molecular formula is C18H15F2NO2S. The van der Waals surface area contributed by atoms with E-state index in [0.717, 1.165) is 26.4 Å². The first kappa shape index (κ1) is 16.4. The van der Waals surface area contributed by atoms with Crippen molar-refractivity contribution in [1.29, 1.82) is 0 Å². The SMILES string of the molecule is COc1ccc(/C=C/c2nc3cc(C)ccc3s2)cc1OC(F)F. The minimum Gasteiger partial charge on any atom is -0.493 e. The second-order valence-corrected chi connectivity index (χ2v) is 6.21. The van der Waals surface area contributed by atoms with Crippen LogP contribution in [-0.2, 0) is 0 Å². The second kappa shape index (κ2) is 6.97. The molecule has 0 aliphatic heterocycles. The zero-order valence-electron chi connectivity index (χ0n) is 13.1. The molecule has 0 aliphatic rings. The van der Waals surface area contributed by atoms with Crippen molar-refractivity contribution in [3.63, 3.8) is 0 Å². The Balaban J connectivity index is 1.87. The molecule has 0 N–H and O–H groups in total. The van der Waals surface area contributed by atoms with Crippen LogP contribution in [0.1, 0.15) is 16.1 Å². The summed E-state index contributed by atoms with van der Waals surface area (Å²) < 4.78 is 35.5. The van der Waals surface area contributed by atoms with Gasteiger partial charge in [-0.15, -0.1) is 11.3 Å². The fraction of sp³-hybridized carbons (Fsp3) is 0.167. The third-order valence-electron chi connectivity index (χ3n) is 3.38. The molecule has 0 amide bonds. The number of fused-ring (bicyclic) bond motifs is 1. The lowest BCUT2D eigenvalue weighted by Crippen LogP contribution is -2.03. The summed E-state index contributed by atoms with van der Waals surface area (Å²) in [6.07, 6.45) is 3.66. The van der Waals surface area contributed by atoms with Crippen LogP contribution in [0, 0.1) is 6.92 Å². The molecule has 0 unspecified atom stereocenters. The molecule has 24 heavy (non-hydrogen) atoms. The van der Waals surface area contributed by atoms with Gasteiger partial charge in [-0.3, -0.25) is 0 Å². The molecule has 0 saturated heterocycles. The van der Waals surface area contributed by atoms with E-state index in [0.29, 0.717) is 0 Å². The summed E-state index contributed by atoms with van der Waals surface area (Å²) >= 11 is 1.57. The first-order chi connectivity index (χ1) is 11.5. The van der Waals surface area contributed by atoms with Gasteiger partial charge < -0.3 is 9.47 Å². The van der Waals surface area contributed by atoms with Crippen LogP contribution in [0.25, 0.3) is 22.4 Å². The fourth-order valence-corrected chi connectivity index (χ4v) is 3.13. The van der Waals surface area contributed by atoms with Gasteiger partial charge in [0, 0.05) is 0 Å². The Hall–Kier alpha value is -2.47. The zero-order valence-corrected chi connectivity index (χ0v) is 13.9. The Morgan fingerprint density at radius 1 is 1.08 bits per heavy atom. The van der Waals surface area contributed by atoms with Gasteiger partial charge in [-0.1, -0.05) is 18.2 Å². The van der Waals surface area contributed by atoms with Crippen LogP contribution in [0.3, 0.4) is 0 Å². The van der Waals surface area contributed by atoms with E-state index in [-0.39, 0.29) is 11.5 Å². The minimum atomic E-state index is -2.90. The number of thiazole rings is 1. The number of aromatic nitrogens is 1. The summed E-state index contributed by atoms with van der Waals surface area (Å²) in [5.41, 5.74) is 2.84. The van der Waals surface area contributed by atoms with Gasteiger partial charge in [0.2, 0.25) is 0 Å². The molecule has 1 heterocycles. The molecule has 124 valence electrons. The monoisotopic (exact) mass is 347 g/mol. The van der Waals surface area contributed by atoms with Crippen LogP contribution in [0.2, 0.25) is 0 Å². The molecule has 0 fully saturated rings. The summed E-state index contributed by atoms with van der Waals surface area (Å²) in [6.45, 7) is -0.874. The Kier molecular flexibility index (Phi) is 4.76. The topological polar surface area (TPSA) is 31.4 Å². The molecule has 0 aliphatic carbocycles. The van der Waals surface area contributed by atoms with Gasteiger partial charge in [0.1, 0.15) is 5.01 Å². The highest BCUT2D eigenvalue weighted by Gasteiger charge is 2.10. The van der Waals surface area contributed by atoms with E-state index in [1.54, 1.807) is 23.5 Å². The van der Waals surface area contributed by atoms with E-state index in [1.165, 1.54) is 13.2 Å². The van der Waals surface area contributed by atoms with E-state index in [1.807, 2.05) is 37.3 Å². The van der Waals surface area contributed by atoms with Gasteiger partial charge in [-0.2, -0.15) is 8.78 Å². The van der Waals surface area contributed by atoms with Crippen LogP contribution in [0.5, 0.6) is 11.5 Å². The van der Waals surface area contributed by atoms with Gasteiger partial charge in [-0.25, -0.2) is 4.98 Å². The Bertz CT molecular complexity index is 890. The number of halogens is 2. The summed E-state index contributed by atoms with van der Waals surface area (Å²) in [5.74, 6) is 0.275. The number of benzene rings is 2. The molecule has 0 bridgehead atoms. The third kappa shape index (κ3) is 3.71. The number of hydrogen-bond donors (Lipinski definition) is 0. The molecule has 3 nitrogen and oxygen atoms in total. The lowest BCUT2D eigenvalue weighted by Gasteiger charge is -2.10. The number of hydrogen-bond acceptors (Lipinski definition) is 4. The first-order valence-electron chi connectivity index (χ1n) is 7.23. The highest BCUT2D eigenvalue weighted by atomic mass is 32.1. The zero-order chi connectivity index (χ0) is 17.1. The van der Waals surface area contributed by atoms with Gasteiger partial charge in [0.25, 0.3) is 0 Å². The lowest BCUT2D eigenvalue weighted by molar-refractivity contribution is -0.0512. The molecule has 2 aromatic carbocycles. The summed E-state index contributed by atoms with van der Waals surface area (Å²) in [5, 5.41) is 0.850. The largest absolute Gasteiger partial charge is 0.493 e. The number of methoxy groups -OCH3 is 1. The predicted molar refractivity (Wildman–Crippen MR) is 92.9 cm³/mol. The quantitative estimate of drug-likeness (QED) is 0.620. The number of nitrogens with zero attached hydrogens (tertiary/aromatic N) is 1. The Morgan fingerprint density at radius 2 is 1.92 bits per heavy atom. The van der Waals surface area contributed by atoms with Crippen molar-refractivity contribution in [2.75, 3.05) is 7.11 Å². The van der Waals surface area contributed by atoms with Gasteiger partial charge in [-0.05, 0) is 48.4 Å². The van der Waals surface area contributed by atoms with Crippen molar-refractivity contribution in [2.24, 2.45) is 0 Å². The van der Waals surface area contributed by atoms with E-state index >= 15 is 0 Å². The van der Waals surface area contributed by atoms with Crippen LogP contribution in [0.15, 0.2) is 36.4 Å². The molecule has 1 aromatic heterocycles. The number of rotatable bonds is 5. The highest BCUT2D eigenvalue weighted by molar-refractivity contribution is 7.19. The maximum atomic E-state index is 12.5. The van der Waals surface area contributed by atoms with Crippen LogP contribution < -0.4 is 9.47 Å². The number of alkyl halides is 2. The molecular weight excluding hydrogens is 332 g/mol. The average molecular weight is 347 g/mol. The highest BCUT2D eigenvalue weighted by Crippen LogP contribution is 2.30. The first-order valence-corrected chi connectivity index (χ1v) is 8.05. The molecule has 3 aromatic rings. The average Bonchev–Trinajstić information content (AvgIpc) is 2.94. The van der Waals surface area contributed by atoms with E-state index in [2.05, 4.69) is 9.72 Å². The maximum Gasteiger partial charge on any atom is 0.387 e. The molecule has 0 spiro atoms. The predicted octanol–water partition coefficient (Wildman–Crippen LogP) is 5.39. The second-order valence-electron chi connectivity index (χ2n) is 5.15. The van der Waals surface area contributed by atoms with Gasteiger partial charge in [0.05, 0.1) is 17.3 Å². The third-order valence-corrected chi connectivity index (χ3v) is 4.38. The van der Waals surface area contributed by atoms with Gasteiger partial charge in [0.15, 0.2) is 11.5 Å². The lowest BCUT2D eigenvalue weighted by atomic mass is 10.2. The molecule has 0 radical (unpaired) electrons. The molecule has 0 saturated carbocycles. The van der Waals surface area contributed by atoms with Gasteiger partial charge >= 0.3 is 6.61 Å². The van der Waals surface area contributed by atoms with E-state index < -0.39 is 6.61 Å². The number of aryl methyl sites for hydroxylation is 1. The van der Waals surface area contributed by atoms with Crippen molar-refractivity contribution in [3.05, 3.63) is 52.5 Å². The maximum absolute atomic E-state index is 12.5. The minimum absolute atomic E-state index is 0.00887. The smallest absolute Gasteiger partial charge is 0.387 e. The number of ether oxygens (including phenoxy) is 2. The van der Waals surface area contributed by atoms with E-state index in [9.17, 15) is 8.78 Å². The fourth-order valence-electron chi connectivity index (χ4n) is 2.28. The van der Waals surface area contributed by atoms with Crippen molar-refractivity contribution < 1.29 is 18.3 Å². The normalized spacial score (nSPS) is 11.5. The molecule has 0 atom stereocenters.